The monoisotopic (exact) mass is 194 g/mol. The summed E-state index contributed by atoms with van der Waals surface area (Å²) in [5.41, 5.74) is 3.34. The normalized spacial score (nSPS) is 17.7. The molecule has 0 aromatic heterocycles. The van der Waals surface area contributed by atoms with Gasteiger partial charge in [0.2, 0.25) is 0 Å². The molecule has 0 spiro atoms. The Kier molecular flexibility index (Phi) is 1.57. The van der Waals surface area contributed by atoms with E-state index in [4.69, 9.17) is 0 Å². The van der Waals surface area contributed by atoms with Crippen LogP contribution in [0.5, 0.6) is 0 Å². The Morgan fingerprint density at radius 1 is 1.00 bits per heavy atom. The highest BCUT2D eigenvalue weighted by molar-refractivity contribution is 6.11. The van der Waals surface area contributed by atoms with E-state index in [1.165, 1.54) is 16.0 Å². The Bertz CT molecular complexity index is 642. The molecular formula is C14H10O. The summed E-state index contributed by atoms with van der Waals surface area (Å²) >= 11 is 0. The van der Waals surface area contributed by atoms with E-state index in [0.29, 0.717) is 0 Å². The summed E-state index contributed by atoms with van der Waals surface area (Å²) in [5.74, 6) is 0.0929. The molecule has 2 aliphatic carbocycles. The number of fused-ring (bicyclic) bond motifs is 2. The van der Waals surface area contributed by atoms with E-state index in [9.17, 15) is 4.79 Å². The summed E-state index contributed by atoms with van der Waals surface area (Å²) in [6, 6.07) is 8.25. The molecule has 0 fully saturated rings. The van der Waals surface area contributed by atoms with Crippen LogP contribution in [0.2, 0.25) is 0 Å². The molecule has 3 rings (SSSR count). The fourth-order valence-electron chi connectivity index (χ4n) is 2.28. The van der Waals surface area contributed by atoms with Gasteiger partial charge in [-0.2, -0.15) is 0 Å². The number of rotatable bonds is 0. The fraction of sp³-hybridized carbons (Fsp3) is 0.0714. The van der Waals surface area contributed by atoms with Gasteiger partial charge in [-0.05, 0) is 52.3 Å². The summed E-state index contributed by atoms with van der Waals surface area (Å²) in [4.78, 5) is 11.4. The van der Waals surface area contributed by atoms with Gasteiger partial charge in [-0.15, -0.1) is 0 Å². The average Bonchev–Trinajstić information content (AvgIpc) is 2.54. The van der Waals surface area contributed by atoms with Crippen LogP contribution < -0.4 is 10.4 Å². The lowest BCUT2D eigenvalue weighted by Gasteiger charge is -2.09. The second-order valence-corrected chi connectivity index (χ2v) is 3.94. The van der Waals surface area contributed by atoms with E-state index in [-0.39, 0.29) is 5.78 Å². The lowest BCUT2D eigenvalue weighted by Crippen LogP contribution is -2.22. The third-order valence-corrected chi connectivity index (χ3v) is 2.88. The van der Waals surface area contributed by atoms with E-state index in [1.807, 2.05) is 19.1 Å². The Morgan fingerprint density at radius 3 is 2.67 bits per heavy atom. The first kappa shape index (κ1) is 8.42. The lowest BCUT2D eigenvalue weighted by atomic mass is 9.94. The molecule has 1 aromatic rings. The maximum absolute atomic E-state index is 11.4. The van der Waals surface area contributed by atoms with Crippen molar-refractivity contribution >= 4 is 17.4 Å². The molecule has 0 unspecified atom stereocenters. The minimum atomic E-state index is 0.0929. The standard InChI is InChI=1S/C14H10O/c1-9-6-12(15)8-11-7-10-4-2-3-5-13(10)14(9)11/h2-8H,1H3. The van der Waals surface area contributed by atoms with Gasteiger partial charge >= 0.3 is 0 Å². The highest BCUT2D eigenvalue weighted by Gasteiger charge is 2.17. The predicted molar refractivity (Wildman–Crippen MR) is 60.4 cm³/mol. The highest BCUT2D eigenvalue weighted by Crippen LogP contribution is 2.26. The largest absolute Gasteiger partial charge is 0.290 e. The van der Waals surface area contributed by atoms with Gasteiger partial charge in [0.05, 0.1) is 0 Å². The number of hydrogen-bond acceptors (Lipinski definition) is 1. The summed E-state index contributed by atoms with van der Waals surface area (Å²) in [6.07, 6.45) is 5.50. The van der Waals surface area contributed by atoms with E-state index in [0.717, 1.165) is 11.1 Å². The zero-order chi connectivity index (χ0) is 10.4. The fourth-order valence-corrected chi connectivity index (χ4v) is 2.28. The molecule has 0 saturated carbocycles. The van der Waals surface area contributed by atoms with Crippen molar-refractivity contribution in [2.45, 2.75) is 6.92 Å². The molecule has 72 valence electrons. The molecule has 1 aromatic carbocycles. The van der Waals surface area contributed by atoms with Gasteiger partial charge in [0.15, 0.2) is 5.78 Å². The van der Waals surface area contributed by atoms with Gasteiger partial charge in [-0.1, -0.05) is 24.3 Å². The van der Waals surface area contributed by atoms with Crippen molar-refractivity contribution in [3.05, 3.63) is 58.0 Å². The third kappa shape index (κ3) is 1.13. The Labute approximate surface area is 87.7 Å². The molecule has 2 aliphatic rings. The number of allylic oxidation sites excluding steroid dienone is 4. The molecule has 0 amide bonds. The summed E-state index contributed by atoms with van der Waals surface area (Å²) in [5, 5.41) is 2.45. The molecule has 0 bridgehead atoms. The van der Waals surface area contributed by atoms with Crippen molar-refractivity contribution in [2.75, 3.05) is 0 Å². The first-order chi connectivity index (χ1) is 7.25. The first-order valence-corrected chi connectivity index (χ1v) is 5.01. The van der Waals surface area contributed by atoms with Crippen molar-refractivity contribution in [3.63, 3.8) is 0 Å². The van der Waals surface area contributed by atoms with Crippen LogP contribution in [-0.4, -0.2) is 5.78 Å². The van der Waals surface area contributed by atoms with Crippen LogP contribution in [0.3, 0.4) is 0 Å². The van der Waals surface area contributed by atoms with Gasteiger partial charge in [0.25, 0.3) is 0 Å². The van der Waals surface area contributed by atoms with E-state index in [1.54, 1.807) is 12.2 Å². The van der Waals surface area contributed by atoms with Crippen LogP contribution in [-0.2, 0) is 4.79 Å². The van der Waals surface area contributed by atoms with Crippen LogP contribution in [0.15, 0.2) is 47.6 Å². The topological polar surface area (TPSA) is 17.1 Å². The van der Waals surface area contributed by atoms with Gasteiger partial charge in [-0.25, -0.2) is 0 Å². The Balaban J connectivity index is 2.47. The SMILES string of the molecule is CC1=CC(=O)C=C2C=c3ccccc3=C12. The number of carbonyl (C=O) groups excluding carboxylic acids is 1. The molecule has 1 nitrogen and oxygen atoms in total. The summed E-state index contributed by atoms with van der Waals surface area (Å²) in [7, 11) is 0. The molecule has 0 radical (unpaired) electrons. The van der Waals surface area contributed by atoms with Crippen molar-refractivity contribution in [1.82, 2.24) is 0 Å². The molecule has 0 saturated heterocycles. The highest BCUT2D eigenvalue weighted by atomic mass is 16.1. The smallest absolute Gasteiger partial charge is 0.179 e. The number of carbonyl (C=O) groups is 1. The molecule has 0 aliphatic heterocycles. The molecule has 0 heterocycles. The number of benzene rings is 1. The van der Waals surface area contributed by atoms with Crippen LogP contribution in [0.25, 0.3) is 11.6 Å². The van der Waals surface area contributed by atoms with Gasteiger partial charge in [0.1, 0.15) is 0 Å². The maximum atomic E-state index is 11.4. The van der Waals surface area contributed by atoms with Crippen LogP contribution in [0, 0.1) is 0 Å². The van der Waals surface area contributed by atoms with E-state index >= 15 is 0 Å². The zero-order valence-electron chi connectivity index (χ0n) is 8.45. The number of hydrogen-bond donors (Lipinski definition) is 0. The minimum Gasteiger partial charge on any atom is -0.290 e. The zero-order valence-corrected chi connectivity index (χ0v) is 8.45. The average molecular weight is 194 g/mol. The quantitative estimate of drug-likeness (QED) is 0.604. The van der Waals surface area contributed by atoms with Crippen molar-refractivity contribution in [1.29, 1.82) is 0 Å². The summed E-state index contributed by atoms with van der Waals surface area (Å²) < 4.78 is 0. The summed E-state index contributed by atoms with van der Waals surface area (Å²) in [6.45, 7) is 2.00. The van der Waals surface area contributed by atoms with Gasteiger partial charge < -0.3 is 0 Å². The molecule has 15 heavy (non-hydrogen) atoms. The molecule has 0 atom stereocenters. The Hall–Kier alpha value is -1.89. The molecule has 0 N–H and O–H groups in total. The minimum absolute atomic E-state index is 0.0929. The predicted octanol–water partition coefficient (Wildman–Crippen LogP) is 1.09. The number of ketones is 1. The van der Waals surface area contributed by atoms with Crippen LogP contribution in [0.4, 0.5) is 0 Å². The lowest BCUT2D eigenvalue weighted by molar-refractivity contribution is -0.110. The Morgan fingerprint density at radius 2 is 1.80 bits per heavy atom. The van der Waals surface area contributed by atoms with Crippen molar-refractivity contribution < 1.29 is 4.79 Å². The third-order valence-electron chi connectivity index (χ3n) is 2.88. The van der Waals surface area contributed by atoms with Crippen molar-refractivity contribution in [3.8, 4) is 0 Å². The maximum Gasteiger partial charge on any atom is 0.179 e. The van der Waals surface area contributed by atoms with E-state index < -0.39 is 0 Å². The molecule has 1 heteroatoms. The van der Waals surface area contributed by atoms with Crippen molar-refractivity contribution in [2.24, 2.45) is 0 Å². The second kappa shape index (κ2) is 2.80. The van der Waals surface area contributed by atoms with Crippen LogP contribution in [0.1, 0.15) is 6.92 Å². The van der Waals surface area contributed by atoms with Gasteiger partial charge in [-0.3, -0.25) is 4.79 Å². The first-order valence-electron chi connectivity index (χ1n) is 5.01. The molecular weight excluding hydrogens is 184 g/mol. The van der Waals surface area contributed by atoms with Gasteiger partial charge in [0, 0.05) is 0 Å². The second-order valence-electron chi connectivity index (χ2n) is 3.94. The van der Waals surface area contributed by atoms with E-state index in [2.05, 4.69) is 18.2 Å². The van der Waals surface area contributed by atoms with Crippen LogP contribution >= 0.6 is 0 Å².